The van der Waals surface area contributed by atoms with Crippen molar-refractivity contribution < 1.29 is 5.11 Å². The lowest BCUT2D eigenvalue weighted by Gasteiger charge is -2.10. The monoisotopic (exact) mass is 258 g/mol. The maximum Gasteiger partial charge on any atom is 0.160 e. The highest BCUT2D eigenvalue weighted by Gasteiger charge is 2.20. The molecule has 0 amide bonds. The molecule has 0 aliphatic rings. The van der Waals surface area contributed by atoms with E-state index in [4.69, 9.17) is 0 Å². The minimum Gasteiger partial charge on any atom is -0.504 e. The van der Waals surface area contributed by atoms with Crippen molar-refractivity contribution in [2.75, 3.05) is 0 Å². The molecule has 0 spiro atoms. The largest absolute Gasteiger partial charge is 0.504 e. The first-order chi connectivity index (χ1) is 9.00. The Labute approximate surface area is 114 Å². The number of benzene rings is 1. The first-order valence-electron chi connectivity index (χ1n) is 6.86. The van der Waals surface area contributed by atoms with E-state index in [-0.39, 0.29) is 5.92 Å². The maximum absolute atomic E-state index is 10.4. The fourth-order valence-electron chi connectivity index (χ4n) is 2.28. The Bertz CT molecular complexity index is 541. The average molecular weight is 258 g/mol. The molecule has 3 nitrogen and oxygen atoms in total. The molecule has 0 fully saturated rings. The van der Waals surface area contributed by atoms with Crippen LogP contribution in [0.1, 0.15) is 45.0 Å². The zero-order valence-corrected chi connectivity index (χ0v) is 12.1. The van der Waals surface area contributed by atoms with E-state index in [9.17, 15) is 5.11 Å². The molecule has 1 heterocycles. The Morgan fingerprint density at radius 3 is 2.26 bits per heavy atom. The fourth-order valence-corrected chi connectivity index (χ4v) is 2.28. The zero-order chi connectivity index (χ0) is 14.0. The van der Waals surface area contributed by atoms with Crippen LogP contribution in [0.25, 0.3) is 5.69 Å². The van der Waals surface area contributed by atoms with Crippen LogP contribution in [0.5, 0.6) is 5.75 Å². The molecule has 0 aliphatic heterocycles. The third-order valence-electron chi connectivity index (χ3n) is 3.11. The normalized spacial score (nSPS) is 11.5. The van der Waals surface area contributed by atoms with Gasteiger partial charge in [-0.1, -0.05) is 45.9 Å². The van der Waals surface area contributed by atoms with Gasteiger partial charge in [0.15, 0.2) is 5.75 Å². The van der Waals surface area contributed by atoms with E-state index in [0.29, 0.717) is 11.7 Å². The van der Waals surface area contributed by atoms with E-state index < -0.39 is 0 Å². The smallest absolute Gasteiger partial charge is 0.160 e. The number of aromatic nitrogens is 2. The van der Waals surface area contributed by atoms with Gasteiger partial charge in [0, 0.05) is 0 Å². The number of hydrogen-bond donors (Lipinski definition) is 1. The lowest BCUT2D eigenvalue weighted by atomic mass is 10.0. The molecular weight excluding hydrogens is 236 g/mol. The predicted octanol–water partition coefficient (Wildman–Crippen LogP) is 3.90. The van der Waals surface area contributed by atoms with Crippen molar-refractivity contribution in [1.82, 2.24) is 9.78 Å². The van der Waals surface area contributed by atoms with E-state index in [2.05, 4.69) is 32.8 Å². The topological polar surface area (TPSA) is 38.0 Å². The Morgan fingerprint density at radius 2 is 1.74 bits per heavy atom. The zero-order valence-electron chi connectivity index (χ0n) is 12.1. The quantitative estimate of drug-likeness (QED) is 0.903. The van der Waals surface area contributed by atoms with Gasteiger partial charge in [0.05, 0.1) is 11.4 Å². The van der Waals surface area contributed by atoms with Crippen LogP contribution in [0, 0.1) is 5.92 Å². The minimum absolute atomic E-state index is 0.230. The summed E-state index contributed by atoms with van der Waals surface area (Å²) in [5, 5.41) is 15.0. The second kappa shape index (κ2) is 5.47. The molecule has 3 heteroatoms. The van der Waals surface area contributed by atoms with Crippen LogP contribution in [-0.2, 0) is 6.42 Å². The second-order valence-electron chi connectivity index (χ2n) is 5.68. The molecule has 102 valence electrons. The van der Waals surface area contributed by atoms with Gasteiger partial charge in [-0.2, -0.15) is 5.10 Å². The van der Waals surface area contributed by atoms with E-state index in [1.54, 1.807) is 0 Å². The van der Waals surface area contributed by atoms with Crippen LogP contribution in [0.4, 0.5) is 0 Å². The van der Waals surface area contributed by atoms with Crippen molar-refractivity contribution in [3.63, 3.8) is 0 Å². The van der Waals surface area contributed by atoms with Crippen molar-refractivity contribution in [3.8, 4) is 11.4 Å². The van der Waals surface area contributed by atoms with Gasteiger partial charge in [-0.15, -0.1) is 0 Å². The Hall–Kier alpha value is -1.77. The highest BCUT2D eigenvalue weighted by Crippen LogP contribution is 2.32. The van der Waals surface area contributed by atoms with Gasteiger partial charge in [-0.05, 0) is 30.4 Å². The highest BCUT2D eigenvalue weighted by molar-refractivity contribution is 5.42. The van der Waals surface area contributed by atoms with Gasteiger partial charge in [0.2, 0.25) is 0 Å². The van der Waals surface area contributed by atoms with Crippen LogP contribution in [0.2, 0.25) is 0 Å². The van der Waals surface area contributed by atoms with Crippen molar-refractivity contribution in [2.45, 2.75) is 40.0 Å². The molecule has 2 rings (SSSR count). The first kappa shape index (κ1) is 13.7. The molecule has 19 heavy (non-hydrogen) atoms. The minimum atomic E-state index is 0.230. The summed E-state index contributed by atoms with van der Waals surface area (Å²) in [6, 6.07) is 9.98. The number of aromatic hydroxyl groups is 1. The SMILES string of the molecule is CC(C)Cc1nn(-c2ccccc2)c(C(C)C)c1O. The molecule has 1 aromatic heterocycles. The van der Waals surface area contributed by atoms with E-state index in [1.807, 2.05) is 35.0 Å². The van der Waals surface area contributed by atoms with Crippen molar-refractivity contribution in [1.29, 1.82) is 0 Å². The van der Waals surface area contributed by atoms with E-state index in [0.717, 1.165) is 23.5 Å². The standard InChI is InChI=1S/C16H22N2O/c1-11(2)10-14-16(19)15(12(3)4)18(17-14)13-8-6-5-7-9-13/h5-9,11-12,19H,10H2,1-4H3. The van der Waals surface area contributed by atoms with Gasteiger partial charge in [-0.3, -0.25) is 0 Å². The molecule has 0 radical (unpaired) electrons. The van der Waals surface area contributed by atoms with Crippen molar-refractivity contribution >= 4 is 0 Å². The van der Waals surface area contributed by atoms with Crippen LogP contribution in [0.3, 0.4) is 0 Å². The van der Waals surface area contributed by atoms with Crippen LogP contribution < -0.4 is 0 Å². The summed E-state index contributed by atoms with van der Waals surface area (Å²) in [5.74, 6) is 1.06. The molecule has 1 N–H and O–H groups in total. The van der Waals surface area contributed by atoms with Gasteiger partial charge in [0.25, 0.3) is 0 Å². The number of rotatable bonds is 4. The Kier molecular flexibility index (Phi) is 3.93. The second-order valence-corrected chi connectivity index (χ2v) is 5.68. The third kappa shape index (κ3) is 2.80. The van der Waals surface area contributed by atoms with Crippen LogP contribution in [0.15, 0.2) is 30.3 Å². The summed E-state index contributed by atoms with van der Waals surface area (Å²) >= 11 is 0. The lowest BCUT2D eigenvalue weighted by molar-refractivity contribution is 0.452. The summed E-state index contributed by atoms with van der Waals surface area (Å²) in [7, 11) is 0. The molecule has 0 atom stereocenters. The molecule has 0 saturated heterocycles. The fraction of sp³-hybridized carbons (Fsp3) is 0.438. The van der Waals surface area contributed by atoms with Gasteiger partial charge < -0.3 is 5.11 Å². The summed E-state index contributed by atoms with van der Waals surface area (Å²) in [5.41, 5.74) is 2.68. The molecule has 0 unspecified atom stereocenters. The molecular formula is C16H22N2O. The summed E-state index contributed by atoms with van der Waals surface area (Å²) in [6.07, 6.45) is 0.797. The van der Waals surface area contributed by atoms with Gasteiger partial charge >= 0.3 is 0 Å². The summed E-state index contributed by atoms with van der Waals surface area (Å²) < 4.78 is 1.87. The Balaban J connectivity index is 2.54. The lowest BCUT2D eigenvalue weighted by Crippen LogP contribution is -2.04. The molecule has 0 bridgehead atoms. The summed E-state index contributed by atoms with van der Waals surface area (Å²) in [4.78, 5) is 0. The third-order valence-corrected chi connectivity index (χ3v) is 3.11. The van der Waals surface area contributed by atoms with Crippen molar-refractivity contribution in [2.24, 2.45) is 5.92 Å². The maximum atomic E-state index is 10.4. The van der Waals surface area contributed by atoms with Crippen molar-refractivity contribution in [3.05, 3.63) is 41.7 Å². The highest BCUT2D eigenvalue weighted by atomic mass is 16.3. The average Bonchev–Trinajstić information content (AvgIpc) is 2.67. The van der Waals surface area contributed by atoms with Gasteiger partial charge in [0.1, 0.15) is 5.69 Å². The molecule has 1 aromatic carbocycles. The number of para-hydroxylation sites is 1. The summed E-state index contributed by atoms with van der Waals surface area (Å²) in [6.45, 7) is 8.43. The molecule has 0 aliphatic carbocycles. The van der Waals surface area contributed by atoms with E-state index >= 15 is 0 Å². The number of hydrogen-bond acceptors (Lipinski definition) is 2. The van der Waals surface area contributed by atoms with Gasteiger partial charge in [-0.25, -0.2) is 4.68 Å². The number of nitrogens with zero attached hydrogens (tertiary/aromatic N) is 2. The van der Waals surface area contributed by atoms with Crippen LogP contribution in [-0.4, -0.2) is 14.9 Å². The van der Waals surface area contributed by atoms with E-state index in [1.165, 1.54) is 0 Å². The molecule has 2 aromatic rings. The Morgan fingerprint density at radius 1 is 1.11 bits per heavy atom. The first-order valence-corrected chi connectivity index (χ1v) is 6.86. The predicted molar refractivity (Wildman–Crippen MR) is 77.9 cm³/mol. The molecule has 0 saturated carbocycles. The van der Waals surface area contributed by atoms with Crippen LogP contribution >= 0.6 is 0 Å².